The summed E-state index contributed by atoms with van der Waals surface area (Å²) in [5, 5.41) is 6.50. The van der Waals surface area contributed by atoms with Gasteiger partial charge in [-0.25, -0.2) is 4.39 Å². The van der Waals surface area contributed by atoms with Crippen molar-refractivity contribution < 1.29 is 14.0 Å². The lowest BCUT2D eigenvalue weighted by Crippen LogP contribution is -2.60. The molecule has 1 aromatic carbocycles. The van der Waals surface area contributed by atoms with Crippen molar-refractivity contribution in [2.75, 3.05) is 11.9 Å². The first kappa shape index (κ1) is 23.9. The van der Waals surface area contributed by atoms with Crippen LogP contribution >= 0.6 is 11.6 Å². The largest absolute Gasteiger partial charge is 0.354 e. The number of amides is 2. The van der Waals surface area contributed by atoms with Gasteiger partial charge in [-0.2, -0.15) is 0 Å². The predicted octanol–water partition coefficient (Wildman–Crippen LogP) is 4.43. The van der Waals surface area contributed by atoms with Gasteiger partial charge in [-0.3, -0.25) is 14.6 Å². The minimum atomic E-state index is -0.812. The number of hydrogen-bond acceptors (Lipinski definition) is 4. The Hall–Kier alpha value is -2.51. The number of anilines is 1. The van der Waals surface area contributed by atoms with Crippen LogP contribution in [0.15, 0.2) is 42.7 Å². The molecule has 4 bridgehead atoms. The quantitative estimate of drug-likeness (QED) is 0.513. The van der Waals surface area contributed by atoms with E-state index in [1.54, 1.807) is 24.5 Å². The van der Waals surface area contributed by atoms with Crippen LogP contribution in [0.2, 0.25) is 5.02 Å². The second kappa shape index (κ2) is 8.80. The van der Waals surface area contributed by atoms with Crippen LogP contribution in [0.1, 0.15) is 50.5 Å². The van der Waals surface area contributed by atoms with Gasteiger partial charge in [-0.05, 0) is 92.9 Å². The Labute approximate surface area is 215 Å². The fourth-order valence-electron chi connectivity index (χ4n) is 7.88. The average molecular weight is 511 g/mol. The van der Waals surface area contributed by atoms with Gasteiger partial charge in [0.15, 0.2) is 0 Å². The van der Waals surface area contributed by atoms with Crippen molar-refractivity contribution in [3.63, 3.8) is 0 Å². The third-order valence-electron chi connectivity index (χ3n) is 9.39. The Balaban J connectivity index is 1.11. The van der Waals surface area contributed by atoms with Gasteiger partial charge >= 0.3 is 0 Å². The van der Waals surface area contributed by atoms with E-state index in [0.29, 0.717) is 47.7 Å². The SMILES string of the molecule is NC(CNC(=O)C1(c2ccc(Cl)cc2F)CC1)C1C2CC3CC1CC(C(=O)Nc1ccncc1)(C3)C2. The Morgan fingerprint density at radius 1 is 1.08 bits per heavy atom. The molecule has 2 aromatic rings. The molecule has 190 valence electrons. The van der Waals surface area contributed by atoms with Gasteiger partial charge in [0.25, 0.3) is 0 Å². The smallest absolute Gasteiger partial charge is 0.230 e. The second-order valence-electron chi connectivity index (χ2n) is 11.6. The molecule has 3 atom stereocenters. The minimum Gasteiger partial charge on any atom is -0.354 e. The van der Waals surface area contributed by atoms with Crippen molar-refractivity contribution in [2.24, 2.45) is 34.8 Å². The molecule has 4 N–H and O–H groups in total. The minimum absolute atomic E-state index is 0.120. The topological polar surface area (TPSA) is 97.1 Å². The van der Waals surface area contributed by atoms with Gasteiger partial charge in [0.2, 0.25) is 11.8 Å². The van der Waals surface area contributed by atoms with Crippen molar-refractivity contribution in [3.05, 3.63) is 59.1 Å². The third kappa shape index (κ3) is 4.01. The van der Waals surface area contributed by atoms with Crippen molar-refractivity contribution >= 4 is 29.1 Å². The molecule has 0 radical (unpaired) electrons. The first-order valence-corrected chi connectivity index (χ1v) is 13.4. The highest BCUT2D eigenvalue weighted by Crippen LogP contribution is 2.63. The Morgan fingerprint density at radius 3 is 2.42 bits per heavy atom. The van der Waals surface area contributed by atoms with Gasteiger partial charge in [-0.1, -0.05) is 17.7 Å². The molecule has 2 amide bonds. The summed E-state index contributed by atoms with van der Waals surface area (Å²) in [4.78, 5) is 30.6. The van der Waals surface area contributed by atoms with Crippen LogP contribution in [0, 0.1) is 34.9 Å². The number of nitrogens with one attached hydrogen (secondary N) is 2. The molecule has 3 unspecified atom stereocenters. The van der Waals surface area contributed by atoms with E-state index in [1.165, 1.54) is 6.07 Å². The summed E-state index contributed by atoms with van der Waals surface area (Å²) < 4.78 is 14.5. The molecule has 1 aromatic heterocycles. The zero-order valence-electron chi connectivity index (χ0n) is 20.2. The van der Waals surface area contributed by atoms with Gasteiger partial charge in [0.05, 0.1) is 10.8 Å². The highest BCUT2D eigenvalue weighted by atomic mass is 35.5. The predicted molar refractivity (Wildman–Crippen MR) is 136 cm³/mol. The molecule has 6 nitrogen and oxygen atoms in total. The summed E-state index contributed by atoms with van der Waals surface area (Å²) in [6.45, 7) is 0.369. The van der Waals surface area contributed by atoms with Gasteiger partial charge < -0.3 is 16.4 Å². The summed E-state index contributed by atoms with van der Waals surface area (Å²) in [6, 6.07) is 7.98. The summed E-state index contributed by atoms with van der Waals surface area (Å²) in [5.74, 6) is 1.14. The monoisotopic (exact) mass is 510 g/mol. The van der Waals surface area contributed by atoms with Crippen LogP contribution in [0.5, 0.6) is 0 Å². The number of nitrogens with zero attached hydrogens (tertiary/aromatic N) is 1. The standard InChI is InChI=1S/C28H32ClFN4O2/c29-19-1-2-21(22(30)11-19)28(5-6-28)26(36)33-15-23(31)24-17-9-16-10-18(24)14-27(12-16,13-17)25(35)34-20-3-7-32-8-4-20/h1-4,7-8,11,16-18,23-24H,5-6,9-10,12-15,31H2,(H,33,36)(H,32,34,35). The average Bonchev–Trinajstić information content (AvgIpc) is 3.64. The van der Waals surface area contributed by atoms with Crippen molar-refractivity contribution in [1.82, 2.24) is 10.3 Å². The lowest BCUT2D eigenvalue weighted by Gasteiger charge is -2.60. The molecule has 0 aliphatic heterocycles. The molecule has 5 aliphatic rings. The van der Waals surface area contributed by atoms with E-state index in [0.717, 1.165) is 37.8 Å². The number of pyridine rings is 1. The zero-order valence-corrected chi connectivity index (χ0v) is 20.9. The van der Waals surface area contributed by atoms with Crippen LogP contribution in [-0.2, 0) is 15.0 Å². The van der Waals surface area contributed by atoms with Crippen molar-refractivity contribution in [3.8, 4) is 0 Å². The van der Waals surface area contributed by atoms with Crippen LogP contribution < -0.4 is 16.4 Å². The number of rotatable bonds is 7. The van der Waals surface area contributed by atoms with E-state index < -0.39 is 11.2 Å². The molecule has 8 heteroatoms. The van der Waals surface area contributed by atoms with E-state index in [9.17, 15) is 14.0 Å². The first-order chi connectivity index (χ1) is 17.3. The number of carbonyl (C=O) groups excluding carboxylic acids is 2. The Morgan fingerprint density at radius 2 is 1.78 bits per heavy atom. The van der Waals surface area contributed by atoms with Gasteiger partial charge in [0.1, 0.15) is 5.82 Å². The maximum Gasteiger partial charge on any atom is 0.230 e. The molecule has 7 rings (SSSR count). The lowest BCUT2D eigenvalue weighted by molar-refractivity contribution is -0.149. The van der Waals surface area contributed by atoms with E-state index in [4.69, 9.17) is 17.3 Å². The molecule has 1 heterocycles. The van der Waals surface area contributed by atoms with Crippen LogP contribution in [0.25, 0.3) is 0 Å². The van der Waals surface area contributed by atoms with E-state index in [1.807, 2.05) is 12.1 Å². The molecular weight excluding hydrogens is 479 g/mol. The number of nitrogens with two attached hydrogens (primary N) is 1. The molecule has 5 fully saturated rings. The highest BCUT2D eigenvalue weighted by molar-refractivity contribution is 6.30. The molecule has 5 saturated carbocycles. The number of hydrogen-bond donors (Lipinski definition) is 3. The normalized spacial score (nSPS) is 32.1. The Bertz CT molecular complexity index is 1170. The lowest BCUT2D eigenvalue weighted by atomic mass is 9.45. The summed E-state index contributed by atoms with van der Waals surface area (Å²) >= 11 is 5.90. The van der Waals surface area contributed by atoms with Crippen molar-refractivity contribution in [2.45, 2.75) is 56.4 Å². The molecular formula is C28H32ClFN4O2. The summed E-state index contributed by atoms with van der Waals surface area (Å²) in [6.07, 6.45) is 9.48. The zero-order chi connectivity index (χ0) is 25.1. The van der Waals surface area contributed by atoms with E-state index in [2.05, 4.69) is 15.6 Å². The second-order valence-corrected chi connectivity index (χ2v) is 12.0. The highest BCUT2D eigenvalue weighted by Gasteiger charge is 2.59. The molecule has 5 aliphatic carbocycles. The number of aromatic nitrogens is 1. The maximum absolute atomic E-state index is 14.5. The van der Waals surface area contributed by atoms with Crippen molar-refractivity contribution in [1.29, 1.82) is 0 Å². The first-order valence-electron chi connectivity index (χ1n) is 13.0. The van der Waals surface area contributed by atoms with Gasteiger partial charge in [-0.15, -0.1) is 0 Å². The molecule has 0 spiro atoms. The van der Waals surface area contributed by atoms with Gasteiger partial charge in [0, 0.05) is 41.3 Å². The third-order valence-corrected chi connectivity index (χ3v) is 9.63. The van der Waals surface area contributed by atoms with Crippen LogP contribution in [-0.4, -0.2) is 29.4 Å². The fourth-order valence-corrected chi connectivity index (χ4v) is 8.04. The number of benzene rings is 1. The van der Waals surface area contributed by atoms with E-state index in [-0.39, 0.29) is 29.2 Å². The molecule has 36 heavy (non-hydrogen) atoms. The molecule has 0 saturated heterocycles. The maximum atomic E-state index is 14.5. The van der Waals surface area contributed by atoms with E-state index >= 15 is 0 Å². The summed E-state index contributed by atoms with van der Waals surface area (Å²) in [7, 11) is 0. The summed E-state index contributed by atoms with van der Waals surface area (Å²) in [5.41, 5.74) is 6.78. The number of halogens is 2. The number of carbonyl (C=O) groups is 2. The van der Waals surface area contributed by atoms with Crippen LogP contribution in [0.4, 0.5) is 10.1 Å². The van der Waals surface area contributed by atoms with Crippen LogP contribution in [0.3, 0.4) is 0 Å². The Kier molecular flexibility index (Phi) is 5.84. The fraction of sp³-hybridized carbons (Fsp3) is 0.536.